The van der Waals surface area contributed by atoms with Crippen LogP contribution in [0.25, 0.3) is 0 Å². The molecule has 4 nitrogen and oxygen atoms in total. The standard InChI is InChI=1S/C11H19N3O/c1-14-6-3-2-4-11(14)9-12-8-10-5-7-15-13-10/h5,7,11-12H,2-4,6,8-9H2,1H3. The van der Waals surface area contributed by atoms with E-state index in [2.05, 4.69) is 22.4 Å². The summed E-state index contributed by atoms with van der Waals surface area (Å²) < 4.78 is 4.78. The van der Waals surface area contributed by atoms with Crippen molar-refractivity contribution in [2.24, 2.45) is 0 Å². The molecular weight excluding hydrogens is 190 g/mol. The largest absolute Gasteiger partial charge is 0.364 e. The first-order valence-corrected chi connectivity index (χ1v) is 5.66. The average molecular weight is 209 g/mol. The molecule has 0 spiro atoms. The maximum absolute atomic E-state index is 4.78. The molecule has 1 aliphatic heterocycles. The topological polar surface area (TPSA) is 41.3 Å². The van der Waals surface area contributed by atoms with Gasteiger partial charge in [0.2, 0.25) is 0 Å². The molecule has 0 radical (unpaired) electrons. The van der Waals surface area contributed by atoms with Crippen molar-refractivity contribution in [2.45, 2.75) is 31.8 Å². The Hall–Kier alpha value is -0.870. The van der Waals surface area contributed by atoms with E-state index in [0.717, 1.165) is 18.8 Å². The fourth-order valence-corrected chi connectivity index (χ4v) is 2.10. The first-order chi connectivity index (χ1) is 7.36. The Balaban J connectivity index is 1.68. The molecule has 0 saturated carbocycles. The van der Waals surface area contributed by atoms with Crippen LogP contribution < -0.4 is 5.32 Å². The predicted octanol–water partition coefficient (Wildman–Crippen LogP) is 1.25. The lowest BCUT2D eigenvalue weighted by Crippen LogP contribution is -2.42. The zero-order valence-corrected chi connectivity index (χ0v) is 9.28. The lowest BCUT2D eigenvalue weighted by Gasteiger charge is -2.32. The van der Waals surface area contributed by atoms with Gasteiger partial charge in [0.05, 0.1) is 5.69 Å². The molecule has 1 N–H and O–H groups in total. The second-order valence-electron chi connectivity index (χ2n) is 4.25. The minimum atomic E-state index is 0.686. The normalized spacial score (nSPS) is 23.1. The molecule has 0 aromatic carbocycles. The highest BCUT2D eigenvalue weighted by molar-refractivity contribution is 4.94. The first kappa shape index (κ1) is 10.6. The van der Waals surface area contributed by atoms with Crippen molar-refractivity contribution in [3.05, 3.63) is 18.0 Å². The van der Waals surface area contributed by atoms with Gasteiger partial charge in [-0.15, -0.1) is 0 Å². The molecule has 1 saturated heterocycles. The molecule has 0 amide bonds. The van der Waals surface area contributed by atoms with Crippen molar-refractivity contribution < 1.29 is 4.52 Å². The number of hydrogen-bond donors (Lipinski definition) is 1. The minimum Gasteiger partial charge on any atom is -0.364 e. The molecule has 4 heteroatoms. The van der Waals surface area contributed by atoms with Gasteiger partial charge in [-0.2, -0.15) is 0 Å². The Labute approximate surface area is 90.6 Å². The second kappa shape index (κ2) is 5.28. The van der Waals surface area contributed by atoms with Crippen molar-refractivity contribution in [3.8, 4) is 0 Å². The van der Waals surface area contributed by atoms with Crippen LogP contribution in [-0.4, -0.2) is 36.2 Å². The van der Waals surface area contributed by atoms with Crippen molar-refractivity contribution >= 4 is 0 Å². The Morgan fingerprint density at radius 2 is 2.53 bits per heavy atom. The van der Waals surface area contributed by atoms with Crippen molar-refractivity contribution in [1.82, 2.24) is 15.4 Å². The van der Waals surface area contributed by atoms with E-state index in [-0.39, 0.29) is 0 Å². The van der Waals surface area contributed by atoms with Crippen LogP contribution >= 0.6 is 0 Å². The molecule has 0 aliphatic carbocycles. The fraction of sp³-hybridized carbons (Fsp3) is 0.727. The summed E-state index contributed by atoms with van der Waals surface area (Å²) in [6.45, 7) is 3.08. The van der Waals surface area contributed by atoms with Gasteiger partial charge in [0, 0.05) is 25.2 Å². The van der Waals surface area contributed by atoms with Gasteiger partial charge < -0.3 is 14.7 Å². The Kier molecular flexibility index (Phi) is 3.75. The summed E-state index contributed by atoms with van der Waals surface area (Å²) in [7, 11) is 2.21. The Morgan fingerprint density at radius 1 is 1.60 bits per heavy atom. The number of likely N-dealkylation sites (N-methyl/N-ethyl adjacent to an activating group) is 1. The maximum Gasteiger partial charge on any atom is 0.124 e. The number of nitrogens with zero attached hydrogens (tertiary/aromatic N) is 2. The van der Waals surface area contributed by atoms with Gasteiger partial charge >= 0.3 is 0 Å². The summed E-state index contributed by atoms with van der Waals surface area (Å²) in [6, 6.07) is 2.59. The van der Waals surface area contributed by atoms with E-state index in [9.17, 15) is 0 Å². The van der Waals surface area contributed by atoms with Crippen molar-refractivity contribution in [1.29, 1.82) is 0 Å². The van der Waals surface area contributed by atoms with E-state index in [0.29, 0.717) is 6.04 Å². The number of hydrogen-bond acceptors (Lipinski definition) is 4. The van der Waals surface area contributed by atoms with E-state index < -0.39 is 0 Å². The number of rotatable bonds is 4. The molecule has 1 unspecified atom stereocenters. The second-order valence-corrected chi connectivity index (χ2v) is 4.25. The highest BCUT2D eigenvalue weighted by Gasteiger charge is 2.17. The van der Waals surface area contributed by atoms with Crippen LogP contribution in [0.15, 0.2) is 16.9 Å². The summed E-state index contributed by atoms with van der Waals surface area (Å²) in [4.78, 5) is 2.44. The third-order valence-corrected chi connectivity index (χ3v) is 3.10. The molecule has 2 heterocycles. The summed E-state index contributed by atoms with van der Waals surface area (Å²) in [5.74, 6) is 0. The van der Waals surface area contributed by atoms with Crippen molar-refractivity contribution in [2.75, 3.05) is 20.1 Å². The molecule has 1 atom stereocenters. The van der Waals surface area contributed by atoms with E-state index in [4.69, 9.17) is 4.52 Å². The molecular formula is C11H19N3O. The van der Waals surface area contributed by atoms with Crippen LogP contribution in [0.4, 0.5) is 0 Å². The highest BCUT2D eigenvalue weighted by atomic mass is 16.5. The monoisotopic (exact) mass is 209 g/mol. The summed E-state index contributed by atoms with van der Waals surface area (Å²) in [5, 5.41) is 7.29. The van der Waals surface area contributed by atoms with Crippen LogP contribution in [0.3, 0.4) is 0 Å². The van der Waals surface area contributed by atoms with Gasteiger partial charge in [0.25, 0.3) is 0 Å². The molecule has 1 fully saturated rings. The first-order valence-electron chi connectivity index (χ1n) is 5.66. The smallest absolute Gasteiger partial charge is 0.124 e. The molecule has 1 aromatic rings. The number of aromatic nitrogens is 1. The van der Waals surface area contributed by atoms with Gasteiger partial charge in [-0.25, -0.2) is 0 Å². The Bertz CT molecular complexity index is 273. The van der Waals surface area contributed by atoms with Crippen LogP contribution in [0.5, 0.6) is 0 Å². The van der Waals surface area contributed by atoms with E-state index in [1.807, 2.05) is 6.07 Å². The van der Waals surface area contributed by atoms with Gasteiger partial charge in [-0.1, -0.05) is 11.6 Å². The summed E-state index contributed by atoms with van der Waals surface area (Å²) in [6.07, 6.45) is 5.63. The predicted molar refractivity (Wildman–Crippen MR) is 58.5 cm³/mol. The lowest BCUT2D eigenvalue weighted by atomic mass is 10.0. The molecule has 0 bridgehead atoms. The SMILES string of the molecule is CN1CCCCC1CNCc1ccon1. The molecule has 1 aliphatic rings. The van der Waals surface area contributed by atoms with Gasteiger partial charge in [-0.3, -0.25) is 0 Å². The van der Waals surface area contributed by atoms with E-state index in [1.54, 1.807) is 6.26 Å². The number of likely N-dealkylation sites (tertiary alicyclic amines) is 1. The zero-order chi connectivity index (χ0) is 10.5. The van der Waals surface area contributed by atoms with Crippen LogP contribution in [-0.2, 0) is 6.54 Å². The third kappa shape index (κ3) is 3.04. The molecule has 2 rings (SSSR count). The number of piperidine rings is 1. The maximum atomic E-state index is 4.78. The van der Waals surface area contributed by atoms with Crippen LogP contribution in [0.1, 0.15) is 25.0 Å². The molecule has 1 aromatic heterocycles. The minimum absolute atomic E-state index is 0.686. The highest BCUT2D eigenvalue weighted by Crippen LogP contribution is 2.13. The van der Waals surface area contributed by atoms with E-state index in [1.165, 1.54) is 25.8 Å². The van der Waals surface area contributed by atoms with Crippen LogP contribution in [0.2, 0.25) is 0 Å². The summed E-state index contributed by atoms with van der Waals surface area (Å²) >= 11 is 0. The summed E-state index contributed by atoms with van der Waals surface area (Å²) in [5.41, 5.74) is 0.980. The van der Waals surface area contributed by atoms with Gasteiger partial charge in [0.15, 0.2) is 0 Å². The zero-order valence-electron chi connectivity index (χ0n) is 9.28. The average Bonchev–Trinajstić information content (AvgIpc) is 2.74. The number of nitrogens with one attached hydrogen (secondary N) is 1. The quantitative estimate of drug-likeness (QED) is 0.810. The van der Waals surface area contributed by atoms with Crippen LogP contribution in [0, 0.1) is 0 Å². The Morgan fingerprint density at radius 3 is 3.27 bits per heavy atom. The lowest BCUT2D eigenvalue weighted by molar-refractivity contribution is 0.181. The third-order valence-electron chi connectivity index (χ3n) is 3.10. The fourth-order valence-electron chi connectivity index (χ4n) is 2.10. The van der Waals surface area contributed by atoms with E-state index >= 15 is 0 Å². The van der Waals surface area contributed by atoms with Crippen molar-refractivity contribution in [3.63, 3.8) is 0 Å². The van der Waals surface area contributed by atoms with Gasteiger partial charge in [-0.05, 0) is 26.4 Å². The van der Waals surface area contributed by atoms with Gasteiger partial charge in [0.1, 0.15) is 6.26 Å². The molecule has 84 valence electrons. The molecule has 15 heavy (non-hydrogen) atoms.